The minimum absolute atomic E-state index is 0.0170. The largest absolute Gasteiger partial charge is 0.507 e. The van der Waals surface area contributed by atoms with Gasteiger partial charge in [-0.1, -0.05) is 44.2 Å². The molecular weight excluding hydrogens is 437 g/mol. The van der Waals surface area contributed by atoms with Gasteiger partial charge in [0, 0.05) is 11.1 Å². The number of hydrogen-bond donors (Lipinski definition) is 2. The maximum atomic E-state index is 14.9. The summed E-state index contributed by atoms with van der Waals surface area (Å²) in [5.41, 5.74) is 0.0560. The molecule has 0 aromatic heterocycles. The van der Waals surface area contributed by atoms with Crippen molar-refractivity contribution in [3.63, 3.8) is 0 Å². The van der Waals surface area contributed by atoms with Gasteiger partial charge in [0.2, 0.25) is 0 Å². The second-order valence-corrected chi connectivity index (χ2v) is 8.41. The van der Waals surface area contributed by atoms with Crippen LogP contribution in [0.15, 0.2) is 78.4 Å². The molecule has 2 N–H and O–H groups in total. The monoisotopic (exact) mass is 461 g/mol. The molecule has 1 amide bonds. The highest BCUT2D eigenvalue weighted by Gasteiger charge is 2.48. The summed E-state index contributed by atoms with van der Waals surface area (Å²) in [5.74, 6) is -2.39. The zero-order chi connectivity index (χ0) is 24.4. The van der Waals surface area contributed by atoms with Crippen LogP contribution >= 0.6 is 0 Å². The number of carbonyl (C=O) groups excluding carboxylic acids is 2. The fourth-order valence-corrected chi connectivity index (χ4v) is 3.87. The molecule has 0 aliphatic carbocycles. The van der Waals surface area contributed by atoms with E-state index in [1.165, 1.54) is 30.3 Å². The Balaban J connectivity index is 1.85. The number of Topliss-reactive ketones (excluding diaryl/α,β-unsaturated/α-hetero) is 1. The molecule has 0 saturated carbocycles. The van der Waals surface area contributed by atoms with E-state index < -0.39 is 29.3 Å². The van der Waals surface area contributed by atoms with Crippen molar-refractivity contribution in [2.24, 2.45) is 5.92 Å². The van der Waals surface area contributed by atoms with Gasteiger partial charge in [0.05, 0.1) is 23.9 Å². The number of carbonyl (C=O) groups is 2. The van der Waals surface area contributed by atoms with Crippen molar-refractivity contribution in [2.45, 2.75) is 19.9 Å². The number of para-hydroxylation sites is 2. The smallest absolute Gasteiger partial charge is 0.300 e. The normalized spacial score (nSPS) is 17.4. The molecule has 1 atom stereocenters. The molecule has 3 aromatic carbocycles. The number of aliphatic hydroxyl groups is 1. The first-order valence-corrected chi connectivity index (χ1v) is 10.9. The average molecular weight is 461 g/mol. The molecule has 0 spiro atoms. The third-order valence-corrected chi connectivity index (χ3v) is 5.50. The van der Waals surface area contributed by atoms with E-state index in [-0.39, 0.29) is 28.1 Å². The number of amides is 1. The summed E-state index contributed by atoms with van der Waals surface area (Å²) in [6, 6.07) is 16.8. The van der Waals surface area contributed by atoms with Crippen molar-refractivity contribution in [3.05, 3.63) is 95.3 Å². The molecule has 7 heteroatoms. The fourth-order valence-electron chi connectivity index (χ4n) is 3.87. The SMILES string of the molecule is CC(C)COc1ccc(/C(O)=C2\C(=O)C(=O)N(c3ccccc3O)C2c2ccccc2F)cc1. The van der Waals surface area contributed by atoms with Crippen molar-refractivity contribution in [3.8, 4) is 11.5 Å². The minimum atomic E-state index is -1.27. The number of phenols is 1. The summed E-state index contributed by atoms with van der Waals surface area (Å²) in [6.07, 6.45) is 0. The van der Waals surface area contributed by atoms with Crippen molar-refractivity contribution >= 4 is 23.1 Å². The van der Waals surface area contributed by atoms with E-state index in [0.29, 0.717) is 18.3 Å². The van der Waals surface area contributed by atoms with E-state index >= 15 is 0 Å². The first kappa shape index (κ1) is 23.0. The lowest BCUT2D eigenvalue weighted by molar-refractivity contribution is -0.132. The third kappa shape index (κ3) is 4.24. The van der Waals surface area contributed by atoms with Gasteiger partial charge in [-0.15, -0.1) is 0 Å². The van der Waals surface area contributed by atoms with Gasteiger partial charge in [-0.25, -0.2) is 4.39 Å². The zero-order valence-electron chi connectivity index (χ0n) is 18.7. The molecule has 6 nitrogen and oxygen atoms in total. The molecule has 1 unspecified atom stereocenters. The van der Waals surface area contributed by atoms with Crippen molar-refractivity contribution < 1.29 is 28.9 Å². The van der Waals surface area contributed by atoms with Crippen molar-refractivity contribution in [1.29, 1.82) is 0 Å². The Morgan fingerprint density at radius 1 is 1.00 bits per heavy atom. The lowest BCUT2D eigenvalue weighted by Gasteiger charge is -2.26. The van der Waals surface area contributed by atoms with Crippen LogP contribution in [0, 0.1) is 11.7 Å². The maximum Gasteiger partial charge on any atom is 0.300 e. The quantitative estimate of drug-likeness (QED) is 0.300. The van der Waals surface area contributed by atoms with Crippen LogP contribution in [-0.2, 0) is 9.59 Å². The lowest BCUT2D eigenvalue weighted by Crippen LogP contribution is -2.29. The van der Waals surface area contributed by atoms with E-state index in [1.54, 1.807) is 42.5 Å². The van der Waals surface area contributed by atoms with Gasteiger partial charge in [0.15, 0.2) is 0 Å². The number of hydrogen-bond acceptors (Lipinski definition) is 5. The Labute approximate surface area is 196 Å². The number of halogens is 1. The molecule has 0 bridgehead atoms. The van der Waals surface area contributed by atoms with Gasteiger partial charge in [-0.2, -0.15) is 0 Å². The van der Waals surface area contributed by atoms with E-state index in [1.807, 2.05) is 13.8 Å². The van der Waals surface area contributed by atoms with Crippen LogP contribution in [-0.4, -0.2) is 28.5 Å². The first-order valence-electron chi connectivity index (χ1n) is 10.9. The van der Waals surface area contributed by atoms with E-state index in [4.69, 9.17) is 4.74 Å². The molecule has 1 aliphatic heterocycles. The Bertz CT molecular complexity index is 1270. The number of ether oxygens (including phenoxy) is 1. The lowest BCUT2D eigenvalue weighted by atomic mass is 9.94. The van der Waals surface area contributed by atoms with Crippen LogP contribution in [0.25, 0.3) is 5.76 Å². The van der Waals surface area contributed by atoms with Gasteiger partial charge in [-0.3, -0.25) is 14.5 Å². The number of ketones is 1. The van der Waals surface area contributed by atoms with Gasteiger partial charge >= 0.3 is 0 Å². The second-order valence-electron chi connectivity index (χ2n) is 8.41. The Kier molecular flexibility index (Phi) is 6.36. The van der Waals surface area contributed by atoms with Gasteiger partial charge < -0.3 is 14.9 Å². The zero-order valence-corrected chi connectivity index (χ0v) is 18.7. The maximum absolute atomic E-state index is 14.9. The summed E-state index contributed by atoms with van der Waals surface area (Å²) in [4.78, 5) is 27.2. The molecule has 1 aliphatic rings. The van der Waals surface area contributed by atoms with Crippen molar-refractivity contribution in [1.82, 2.24) is 0 Å². The predicted molar refractivity (Wildman–Crippen MR) is 126 cm³/mol. The predicted octanol–water partition coefficient (Wildman–Crippen LogP) is 5.19. The number of phenolic OH excluding ortho intramolecular Hbond substituents is 1. The Hall–Kier alpha value is -4.13. The highest BCUT2D eigenvalue weighted by Crippen LogP contribution is 2.45. The van der Waals surface area contributed by atoms with Gasteiger partial charge in [0.1, 0.15) is 23.1 Å². The molecule has 1 saturated heterocycles. The topological polar surface area (TPSA) is 87.1 Å². The van der Waals surface area contributed by atoms with Gasteiger partial charge in [-0.05, 0) is 48.4 Å². The van der Waals surface area contributed by atoms with Crippen LogP contribution in [0.4, 0.5) is 10.1 Å². The number of nitrogens with zero attached hydrogens (tertiary/aromatic N) is 1. The number of aliphatic hydroxyl groups excluding tert-OH is 1. The van der Waals surface area contributed by atoms with E-state index in [0.717, 1.165) is 4.90 Å². The molecule has 4 rings (SSSR count). The molecule has 34 heavy (non-hydrogen) atoms. The van der Waals surface area contributed by atoms with Crippen molar-refractivity contribution in [2.75, 3.05) is 11.5 Å². The molecular formula is C27H24FNO5. The molecule has 1 heterocycles. The fraction of sp³-hybridized carbons (Fsp3) is 0.185. The highest BCUT2D eigenvalue weighted by atomic mass is 19.1. The number of benzene rings is 3. The third-order valence-electron chi connectivity index (χ3n) is 5.50. The van der Waals surface area contributed by atoms with Crippen LogP contribution in [0.5, 0.6) is 11.5 Å². The number of anilines is 1. The molecule has 3 aromatic rings. The number of rotatable bonds is 6. The first-order chi connectivity index (χ1) is 16.3. The summed E-state index contributed by atoms with van der Waals surface area (Å²) in [5, 5.41) is 21.5. The van der Waals surface area contributed by atoms with Crippen LogP contribution in [0.3, 0.4) is 0 Å². The summed E-state index contributed by atoms with van der Waals surface area (Å²) in [6.45, 7) is 4.56. The Morgan fingerprint density at radius 2 is 1.65 bits per heavy atom. The molecule has 0 radical (unpaired) electrons. The van der Waals surface area contributed by atoms with E-state index in [9.17, 15) is 24.2 Å². The Morgan fingerprint density at radius 3 is 2.29 bits per heavy atom. The standard InChI is InChI=1S/C27H24FNO5/c1-16(2)15-34-18-13-11-17(12-14-18)25(31)23-24(19-7-3-4-8-20(19)28)29(27(33)26(23)32)21-9-5-6-10-22(21)30/h3-14,16,24,30-31H,15H2,1-2H3/b25-23+. The minimum Gasteiger partial charge on any atom is -0.507 e. The average Bonchev–Trinajstić information content (AvgIpc) is 3.08. The second kappa shape index (κ2) is 9.39. The molecule has 1 fully saturated rings. The van der Waals surface area contributed by atoms with Gasteiger partial charge in [0.25, 0.3) is 11.7 Å². The molecule has 174 valence electrons. The van der Waals surface area contributed by atoms with Crippen LogP contribution in [0.1, 0.15) is 31.0 Å². The van der Waals surface area contributed by atoms with Crippen LogP contribution < -0.4 is 9.64 Å². The highest BCUT2D eigenvalue weighted by molar-refractivity contribution is 6.51. The summed E-state index contributed by atoms with van der Waals surface area (Å²) < 4.78 is 20.6. The summed E-state index contributed by atoms with van der Waals surface area (Å²) >= 11 is 0. The van der Waals surface area contributed by atoms with E-state index in [2.05, 4.69) is 0 Å². The van der Waals surface area contributed by atoms with Crippen LogP contribution in [0.2, 0.25) is 0 Å². The number of aromatic hydroxyl groups is 1. The summed E-state index contributed by atoms with van der Waals surface area (Å²) in [7, 11) is 0.